The number of fused-ring (bicyclic) bond motifs is 1. The van der Waals surface area contributed by atoms with Crippen molar-refractivity contribution < 1.29 is 9.18 Å². The normalized spacial score (nSPS) is 21.7. The van der Waals surface area contributed by atoms with Gasteiger partial charge in [0.2, 0.25) is 11.9 Å². The summed E-state index contributed by atoms with van der Waals surface area (Å²) >= 11 is 0. The van der Waals surface area contributed by atoms with Crippen LogP contribution in [0.1, 0.15) is 24.8 Å². The second-order valence-corrected chi connectivity index (χ2v) is 9.28. The zero-order valence-electron chi connectivity index (χ0n) is 18.9. The molecule has 0 amide bonds. The SMILES string of the molecule is N#C[C@@H]1C[C@@H](C(=O)Cc2ccc(F)nc2)N(c2nc(NC3=NCC(C4CC4)=C3)c3cccn3n2)C1. The molecule has 0 spiro atoms. The van der Waals surface area contributed by atoms with E-state index in [1.54, 1.807) is 15.5 Å². The van der Waals surface area contributed by atoms with E-state index in [1.807, 2.05) is 18.3 Å². The van der Waals surface area contributed by atoms with Gasteiger partial charge in [0.1, 0.15) is 11.4 Å². The first kappa shape index (κ1) is 21.4. The zero-order valence-corrected chi connectivity index (χ0v) is 18.9. The highest BCUT2D eigenvalue weighted by molar-refractivity contribution is 6.07. The molecule has 9 nitrogen and oxygen atoms in total. The average molecular weight is 471 g/mol. The number of amidine groups is 1. The molecule has 6 rings (SSSR count). The van der Waals surface area contributed by atoms with E-state index in [2.05, 4.69) is 32.5 Å². The van der Waals surface area contributed by atoms with E-state index in [4.69, 9.17) is 4.98 Å². The standard InChI is InChI=1S/C25H23FN8O/c26-22-6-3-15(12-28-22)9-21(35)20-8-16(11-27)14-33(20)25-31-24(19-2-1-7-34(19)32-25)30-23-10-18(13-29-23)17-4-5-17/h1-3,6-7,10,12,16-17,20H,4-5,8-9,13-14H2,(H,29,30,31,32)/t16-,20-/m0/s1. The Labute approximate surface area is 201 Å². The number of carbonyl (C=O) groups is 1. The van der Waals surface area contributed by atoms with Gasteiger partial charge in [0, 0.05) is 25.4 Å². The number of nitriles is 1. The molecule has 5 heterocycles. The van der Waals surface area contributed by atoms with E-state index in [0.29, 0.717) is 42.8 Å². The molecule has 176 valence electrons. The summed E-state index contributed by atoms with van der Waals surface area (Å²) in [5.41, 5.74) is 2.77. The number of pyridine rings is 1. The number of rotatable bonds is 6. The lowest BCUT2D eigenvalue weighted by Crippen LogP contribution is -2.38. The Morgan fingerprint density at radius 2 is 2.17 bits per heavy atom. The Kier molecular flexibility index (Phi) is 5.25. The van der Waals surface area contributed by atoms with Crippen molar-refractivity contribution in [1.82, 2.24) is 19.6 Å². The largest absolute Gasteiger partial charge is 0.328 e. The predicted molar refractivity (Wildman–Crippen MR) is 127 cm³/mol. The highest BCUT2D eigenvalue weighted by atomic mass is 19.1. The van der Waals surface area contributed by atoms with Gasteiger partial charge < -0.3 is 10.2 Å². The molecule has 0 unspecified atom stereocenters. The fraction of sp³-hybridized carbons (Fsp3) is 0.360. The second kappa shape index (κ2) is 8.58. The number of hydrogen-bond donors (Lipinski definition) is 1. The van der Waals surface area contributed by atoms with Crippen LogP contribution in [0.2, 0.25) is 0 Å². The van der Waals surface area contributed by atoms with Crippen LogP contribution in [-0.2, 0) is 11.2 Å². The Bertz CT molecular complexity index is 1400. The van der Waals surface area contributed by atoms with Crippen molar-refractivity contribution in [1.29, 1.82) is 5.26 Å². The summed E-state index contributed by atoms with van der Waals surface area (Å²) in [5.74, 6) is 1.40. The van der Waals surface area contributed by atoms with Gasteiger partial charge in [-0.3, -0.25) is 9.79 Å². The van der Waals surface area contributed by atoms with Crippen LogP contribution >= 0.6 is 0 Å². The van der Waals surface area contributed by atoms with E-state index in [1.165, 1.54) is 30.7 Å². The Hall–Kier alpha value is -4.13. The van der Waals surface area contributed by atoms with E-state index in [0.717, 1.165) is 11.4 Å². The minimum atomic E-state index is -0.590. The average Bonchev–Trinajstić information content (AvgIpc) is 3.24. The summed E-state index contributed by atoms with van der Waals surface area (Å²) < 4.78 is 14.9. The van der Waals surface area contributed by atoms with Crippen molar-refractivity contribution in [2.75, 3.05) is 23.3 Å². The molecule has 10 heteroatoms. The molecular weight excluding hydrogens is 447 g/mol. The smallest absolute Gasteiger partial charge is 0.246 e. The molecule has 0 bridgehead atoms. The molecule has 1 saturated carbocycles. The highest BCUT2D eigenvalue weighted by Crippen LogP contribution is 2.38. The molecule has 3 aromatic rings. The number of carbonyl (C=O) groups excluding carboxylic acids is 1. The maximum Gasteiger partial charge on any atom is 0.246 e. The van der Waals surface area contributed by atoms with Crippen LogP contribution in [0.15, 0.2) is 53.3 Å². The monoisotopic (exact) mass is 470 g/mol. The maximum absolute atomic E-state index is 13.3. The number of anilines is 2. The molecule has 3 aromatic heterocycles. The lowest BCUT2D eigenvalue weighted by molar-refractivity contribution is -0.119. The Morgan fingerprint density at radius 1 is 1.29 bits per heavy atom. The Morgan fingerprint density at radius 3 is 2.94 bits per heavy atom. The van der Waals surface area contributed by atoms with Crippen LogP contribution in [-0.4, -0.2) is 50.3 Å². The molecule has 3 aliphatic rings. The van der Waals surface area contributed by atoms with E-state index >= 15 is 0 Å². The van der Waals surface area contributed by atoms with Crippen LogP contribution < -0.4 is 10.2 Å². The topological polar surface area (TPSA) is 112 Å². The van der Waals surface area contributed by atoms with E-state index in [9.17, 15) is 14.4 Å². The summed E-state index contributed by atoms with van der Waals surface area (Å²) in [6, 6.07) is 8.32. The Balaban J connectivity index is 1.29. The zero-order chi connectivity index (χ0) is 23.9. The molecule has 1 aliphatic carbocycles. The number of nitrogens with one attached hydrogen (secondary N) is 1. The van der Waals surface area contributed by atoms with Crippen LogP contribution in [0, 0.1) is 29.1 Å². The molecule has 1 saturated heterocycles. The number of Topliss-reactive ketones (excluding diaryl/α,β-unsaturated/α-hetero) is 1. The number of hydrogen-bond acceptors (Lipinski definition) is 8. The third kappa shape index (κ3) is 4.25. The minimum absolute atomic E-state index is 0.0842. The predicted octanol–water partition coefficient (Wildman–Crippen LogP) is 2.95. The van der Waals surface area contributed by atoms with Crippen molar-refractivity contribution >= 4 is 28.9 Å². The number of aliphatic imine (C=N–C) groups is 1. The molecular formula is C25H23FN8O. The molecule has 2 fully saturated rings. The summed E-state index contributed by atoms with van der Waals surface area (Å²) in [6.07, 6.45) is 8.23. The van der Waals surface area contributed by atoms with Crippen molar-refractivity contribution in [3.8, 4) is 6.07 Å². The molecule has 1 N–H and O–H groups in total. The first-order chi connectivity index (χ1) is 17.1. The van der Waals surface area contributed by atoms with Gasteiger partial charge in [0.25, 0.3) is 0 Å². The lowest BCUT2D eigenvalue weighted by Gasteiger charge is -2.24. The van der Waals surface area contributed by atoms with Gasteiger partial charge in [0.15, 0.2) is 11.6 Å². The van der Waals surface area contributed by atoms with Gasteiger partial charge in [-0.05, 0) is 60.6 Å². The number of nitrogens with zero attached hydrogens (tertiary/aromatic N) is 7. The molecule has 0 aromatic carbocycles. The van der Waals surface area contributed by atoms with Crippen LogP contribution in [0.4, 0.5) is 16.2 Å². The van der Waals surface area contributed by atoms with E-state index < -0.39 is 12.0 Å². The highest BCUT2D eigenvalue weighted by Gasteiger charge is 2.38. The van der Waals surface area contributed by atoms with Crippen molar-refractivity contribution in [3.05, 3.63) is 59.8 Å². The van der Waals surface area contributed by atoms with Crippen molar-refractivity contribution in [2.45, 2.75) is 31.7 Å². The van der Waals surface area contributed by atoms with Crippen molar-refractivity contribution in [3.63, 3.8) is 0 Å². The van der Waals surface area contributed by atoms with Crippen LogP contribution in [0.25, 0.3) is 5.52 Å². The van der Waals surface area contributed by atoms with Gasteiger partial charge in [0.05, 0.1) is 24.6 Å². The quantitative estimate of drug-likeness (QED) is 0.551. The molecule has 35 heavy (non-hydrogen) atoms. The van der Waals surface area contributed by atoms with Gasteiger partial charge in [-0.25, -0.2) is 9.50 Å². The summed E-state index contributed by atoms with van der Waals surface area (Å²) in [7, 11) is 0. The van der Waals surface area contributed by atoms with E-state index in [-0.39, 0.29) is 18.1 Å². The maximum atomic E-state index is 13.3. The molecule has 2 aliphatic heterocycles. The first-order valence-electron chi connectivity index (χ1n) is 11.7. The van der Waals surface area contributed by atoms with Crippen LogP contribution in [0.3, 0.4) is 0 Å². The van der Waals surface area contributed by atoms with Gasteiger partial charge in [-0.1, -0.05) is 6.07 Å². The van der Waals surface area contributed by atoms with Crippen molar-refractivity contribution in [2.24, 2.45) is 16.8 Å². The first-order valence-corrected chi connectivity index (χ1v) is 11.7. The second-order valence-electron chi connectivity index (χ2n) is 9.28. The number of halogens is 1. The molecule has 0 radical (unpaired) electrons. The lowest BCUT2D eigenvalue weighted by atomic mass is 10.00. The minimum Gasteiger partial charge on any atom is -0.328 e. The molecule has 2 atom stereocenters. The fourth-order valence-electron chi connectivity index (χ4n) is 4.76. The fourth-order valence-corrected chi connectivity index (χ4v) is 4.76. The number of ketones is 1. The summed E-state index contributed by atoms with van der Waals surface area (Å²) in [4.78, 5) is 28.1. The third-order valence-corrected chi connectivity index (χ3v) is 6.76. The van der Waals surface area contributed by atoms with Gasteiger partial charge in [-0.2, -0.15) is 14.6 Å². The van der Waals surface area contributed by atoms with Gasteiger partial charge >= 0.3 is 0 Å². The summed E-state index contributed by atoms with van der Waals surface area (Å²) in [6.45, 7) is 1.07. The van der Waals surface area contributed by atoms with Crippen LogP contribution in [0.5, 0.6) is 0 Å². The third-order valence-electron chi connectivity index (χ3n) is 6.76. The number of aromatic nitrogens is 4. The summed E-state index contributed by atoms with van der Waals surface area (Å²) in [5, 5.41) is 17.6. The van der Waals surface area contributed by atoms with Gasteiger partial charge in [-0.15, -0.1) is 5.10 Å².